The Bertz CT molecular complexity index is 1270. The molecule has 1 fully saturated rings. The van der Waals surface area contributed by atoms with E-state index in [1.807, 2.05) is 26.0 Å². The summed E-state index contributed by atoms with van der Waals surface area (Å²) in [6, 6.07) is 5.02. The Morgan fingerprint density at radius 3 is 2.26 bits per heavy atom. The Morgan fingerprint density at radius 2 is 1.67 bits per heavy atom. The minimum absolute atomic E-state index is 0.201. The number of rotatable bonds is 8. The molecule has 1 aromatic carbocycles. The van der Waals surface area contributed by atoms with Crippen LogP contribution in [0.2, 0.25) is 0 Å². The normalized spacial score (nSPS) is 21.4. The number of amides is 2. The summed E-state index contributed by atoms with van der Waals surface area (Å²) >= 11 is 0. The SMILES string of the molecule is CCN(c1cc(-c2cnc(N)nc2)cc(C(=O)NCC2C(=O)N=C(C)C=C2C)c1C)C1CCC(N(C)C)CC1. The number of anilines is 2. The van der Waals surface area contributed by atoms with Crippen molar-refractivity contribution in [3.8, 4) is 11.1 Å². The molecule has 2 heterocycles. The van der Waals surface area contributed by atoms with Gasteiger partial charge in [-0.25, -0.2) is 15.0 Å². The largest absolute Gasteiger partial charge is 0.369 e. The number of hydrogen-bond acceptors (Lipinski definition) is 7. The standard InChI is InChI=1S/C30H41N7O2/c1-7-37(24-10-8-23(9-11-24)36(5)6)27-14-21(22-15-33-30(31)34-16-22)13-25(20(27)4)28(38)32-17-26-18(2)12-19(3)35-29(26)39/h12-16,23-24,26H,7-11,17H2,1-6H3,(H,32,38)(H2,31,33,34). The number of nitrogens with two attached hydrogens (primary N) is 1. The van der Waals surface area contributed by atoms with Crippen LogP contribution in [0.15, 0.2) is 41.2 Å². The number of dihydropyridines is 1. The number of allylic oxidation sites excluding steroid dienone is 1. The van der Waals surface area contributed by atoms with Gasteiger partial charge in [0.05, 0.1) is 5.92 Å². The molecule has 208 valence electrons. The van der Waals surface area contributed by atoms with Crippen LogP contribution in [-0.4, -0.2) is 71.7 Å². The fourth-order valence-corrected chi connectivity index (χ4v) is 5.85. The molecule has 2 aliphatic rings. The lowest BCUT2D eigenvalue weighted by Crippen LogP contribution is -2.42. The minimum Gasteiger partial charge on any atom is -0.369 e. The van der Waals surface area contributed by atoms with E-state index in [2.05, 4.69) is 57.2 Å². The van der Waals surface area contributed by atoms with Crippen molar-refractivity contribution in [2.75, 3.05) is 37.8 Å². The second-order valence-corrected chi connectivity index (χ2v) is 11.0. The highest BCUT2D eigenvalue weighted by Crippen LogP contribution is 2.35. The summed E-state index contributed by atoms with van der Waals surface area (Å²) in [7, 11) is 4.31. The zero-order chi connectivity index (χ0) is 28.3. The van der Waals surface area contributed by atoms with Gasteiger partial charge in [0.1, 0.15) is 0 Å². The molecule has 1 aliphatic carbocycles. The molecule has 0 saturated heterocycles. The van der Waals surface area contributed by atoms with Gasteiger partial charge in [-0.1, -0.05) is 5.57 Å². The number of carbonyl (C=O) groups excluding carboxylic acids is 2. The molecule has 0 radical (unpaired) electrons. The highest BCUT2D eigenvalue weighted by Gasteiger charge is 2.29. The van der Waals surface area contributed by atoms with E-state index in [4.69, 9.17) is 5.73 Å². The molecule has 1 aliphatic heterocycles. The highest BCUT2D eigenvalue weighted by molar-refractivity contribution is 6.06. The number of aromatic nitrogens is 2. The van der Waals surface area contributed by atoms with Crippen molar-refractivity contribution in [3.05, 3.63) is 47.3 Å². The molecule has 1 saturated carbocycles. The smallest absolute Gasteiger partial charge is 0.254 e. The Hall–Kier alpha value is -3.59. The van der Waals surface area contributed by atoms with Gasteiger partial charge in [0.25, 0.3) is 11.8 Å². The first kappa shape index (κ1) is 28.4. The van der Waals surface area contributed by atoms with E-state index in [1.54, 1.807) is 19.3 Å². The van der Waals surface area contributed by atoms with Crippen LogP contribution < -0.4 is 16.0 Å². The van der Waals surface area contributed by atoms with Crippen molar-refractivity contribution in [3.63, 3.8) is 0 Å². The molecule has 1 atom stereocenters. The lowest BCUT2D eigenvalue weighted by molar-refractivity contribution is -0.120. The number of nitrogen functional groups attached to an aromatic ring is 1. The van der Waals surface area contributed by atoms with Crippen LogP contribution in [0.1, 0.15) is 62.4 Å². The molecule has 0 spiro atoms. The second kappa shape index (κ2) is 12.1. The zero-order valence-corrected chi connectivity index (χ0v) is 24.0. The van der Waals surface area contributed by atoms with E-state index < -0.39 is 5.92 Å². The summed E-state index contributed by atoms with van der Waals surface area (Å²) in [4.78, 5) is 43.3. The Kier molecular flexibility index (Phi) is 8.80. The van der Waals surface area contributed by atoms with Gasteiger partial charge in [0, 0.05) is 60.1 Å². The van der Waals surface area contributed by atoms with Gasteiger partial charge >= 0.3 is 0 Å². The topological polar surface area (TPSA) is 117 Å². The van der Waals surface area contributed by atoms with E-state index in [9.17, 15) is 9.59 Å². The van der Waals surface area contributed by atoms with Gasteiger partial charge < -0.3 is 20.9 Å². The molecule has 9 nitrogen and oxygen atoms in total. The molecule has 1 unspecified atom stereocenters. The van der Waals surface area contributed by atoms with E-state index in [1.165, 1.54) is 0 Å². The van der Waals surface area contributed by atoms with Crippen molar-refractivity contribution < 1.29 is 9.59 Å². The third-order valence-electron chi connectivity index (χ3n) is 8.16. The van der Waals surface area contributed by atoms with E-state index in [-0.39, 0.29) is 24.3 Å². The maximum absolute atomic E-state index is 13.6. The van der Waals surface area contributed by atoms with Gasteiger partial charge in [0.2, 0.25) is 5.95 Å². The number of hydrogen-bond donors (Lipinski definition) is 2. The zero-order valence-electron chi connectivity index (χ0n) is 24.0. The van der Waals surface area contributed by atoms with Crippen molar-refractivity contribution in [2.24, 2.45) is 10.9 Å². The number of nitrogens with one attached hydrogen (secondary N) is 1. The first-order valence-electron chi connectivity index (χ1n) is 13.8. The van der Waals surface area contributed by atoms with Gasteiger partial charge in [-0.2, -0.15) is 0 Å². The summed E-state index contributed by atoms with van der Waals surface area (Å²) in [5, 5.41) is 3.01. The summed E-state index contributed by atoms with van der Waals surface area (Å²) in [5.41, 5.74) is 11.5. The molecular formula is C30H41N7O2. The fourth-order valence-electron chi connectivity index (χ4n) is 5.85. The number of nitrogens with zero attached hydrogens (tertiary/aromatic N) is 5. The van der Waals surface area contributed by atoms with Crippen LogP contribution in [0.3, 0.4) is 0 Å². The Morgan fingerprint density at radius 1 is 1.03 bits per heavy atom. The molecule has 9 heteroatoms. The van der Waals surface area contributed by atoms with Gasteiger partial charge in [0.15, 0.2) is 0 Å². The van der Waals surface area contributed by atoms with Crippen molar-refractivity contribution in [1.82, 2.24) is 20.2 Å². The van der Waals surface area contributed by atoms with Crippen molar-refractivity contribution in [1.29, 1.82) is 0 Å². The molecule has 3 N–H and O–H groups in total. The van der Waals surface area contributed by atoms with Gasteiger partial charge in [-0.05, 0) is 96.8 Å². The Labute approximate surface area is 231 Å². The van der Waals surface area contributed by atoms with Crippen LogP contribution in [-0.2, 0) is 4.79 Å². The predicted octanol–water partition coefficient (Wildman–Crippen LogP) is 4.03. The lowest BCUT2D eigenvalue weighted by Gasteiger charge is -2.40. The van der Waals surface area contributed by atoms with E-state index >= 15 is 0 Å². The van der Waals surface area contributed by atoms with E-state index in [0.29, 0.717) is 23.4 Å². The number of carbonyl (C=O) groups is 2. The van der Waals surface area contributed by atoms with Gasteiger partial charge in [-0.15, -0.1) is 0 Å². The average molecular weight is 532 g/mol. The number of aliphatic imine (C=N–C) groups is 1. The van der Waals surface area contributed by atoms with E-state index in [0.717, 1.165) is 60.2 Å². The average Bonchev–Trinajstić information content (AvgIpc) is 2.90. The highest BCUT2D eigenvalue weighted by atomic mass is 16.2. The summed E-state index contributed by atoms with van der Waals surface area (Å²) in [6.45, 7) is 8.92. The molecule has 2 amide bonds. The molecule has 0 bridgehead atoms. The molecular weight excluding hydrogens is 490 g/mol. The lowest BCUT2D eigenvalue weighted by atomic mass is 9.88. The van der Waals surface area contributed by atoms with Crippen LogP contribution in [0.5, 0.6) is 0 Å². The van der Waals surface area contributed by atoms with Crippen LogP contribution in [0, 0.1) is 12.8 Å². The summed E-state index contributed by atoms with van der Waals surface area (Å²) < 4.78 is 0. The fraction of sp³-hybridized carbons (Fsp3) is 0.500. The maximum Gasteiger partial charge on any atom is 0.254 e. The van der Waals surface area contributed by atoms with Crippen LogP contribution >= 0.6 is 0 Å². The maximum atomic E-state index is 13.6. The first-order chi connectivity index (χ1) is 18.6. The molecule has 2 aromatic rings. The quantitative estimate of drug-likeness (QED) is 0.528. The monoisotopic (exact) mass is 531 g/mol. The third kappa shape index (κ3) is 6.36. The van der Waals surface area contributed by atoms with Crippen molar-refractivity contribution >= 4 is 29.2 Å². The van der Waals surface area contributed by atoms with Crippen LogP contribution in [0.25, 0.3) is 11.1 Å². The molecule has 39 heavy (non-hydrogen) atoms. The molecule has 4 rings (SSSR count). The van der Waals surface area contributed by atoms with Crippen molar-refractivity contribution in [2.45, 2.75) is 65.5 Å². The van der Waals surface area contributed by atoms with Crippen LogP contribution in [0.4, 0.5) is 11.6 Å². The summed E-state index contributed by atoms with van der Waals surface area (Å²) in [6.07, 6.45) is 9.77. The summed E-state index contributed by atoms with van der Waals surface area (Å²) in [5.74, 6) is -0.685. The van der Waals surface area contributed by atoms with Gasteiger partial charge in [-0.3, -0.25) is 9.59 Å². The second-order valence-electron chi connectivity index (χ2n) is 11.0. The third-order valence-corrected chi connectivity index (χ3v) is 8.16. The number of benzene rings is 1. The minimum atomic E-state index is -0.454. The predicted molar refractivity (Wildman–Crippen MR) is 157 cm³/mol. The Balaban J connectivity index is 1.66. The molecule has 1 aromatic heterocycles. The first-order valence-corrected chi connectivity index (χ1v) is 13.8.